The molecule has 2 N–H and O–H groups in total. The lowest BCUT2D eigenvalue weighted by atomic mass is 9.89. The van der Waals surface area contributed by atoms with Gasteiger partial charge in [-0.3, -0.25) is 4.79 Å². The van der Waals surface area contributed by atoms with E-state index >= 15 is 0 Å². The highest BCUT2D eigenvalue weighted by Gasteiger charge is 2.45. The minimum absolute atomic E-state index is 0.532. The Hall–Kier alpha value is -1.26. The van der Waals surface area contributed by atoms with Gasteiger partial charge in [0.15, 0.2) is 0 Å². The molecule has 0 radical (unpaired) electrons. The molecule has 5 heteroatoms. The number of ether oxygens (including phenoxy) is 1. The van der Waals surface area contributed by atoms with Gasteiger partial charge >= 0.3 is 12.1 Å². The Balaban J connectivity index is 2.66. The van der Waals surface area contributed by atoms with Crippen LogP contribution in [-0.4, -0.2) is 28.3 Å². The van der Waals surface area contributed by atoms with Crippen LogP contribution in [0.5, 0.6) is 0 Å². The van der Waals surface area contributed by atoms with Crippen molar-refractivity contribution >= 4 is 12.1 Å². The van der Waals surface area contributed by atoms with Crippen LogP contribution in [0.4, 0.5) is 4.79 Å². The Bertz CT molecular complexity index is 321. The summed E-state index contributed by atoms with van der Waals surface area (Å²) in [5, 5.41) is 11.8. The molecular formula is C12H21NO4. The van der Waals surface area contributed by atoms with Crippen molar-refractivity contribution < 1.29 is 19.4 Å². The van der Waals surface area contributed by atoms with E-state index in [0.717, 1.165) is 6.42 Å². The van der Waals surface area contributed by atoms with E-state index in [1.165, 1.54) is 0 Å². The Morgan fingerprint density at radius 3 is 2.47 bits per heavy atom. The Labute approximate surface area is 102 Å². The lowest BCUT2D eigenvalue weighted by Gasteiger charge is -2.31. The maximum absolute atomic E-state index is 11.7. The summed E-state index contributed by atoms with van der Waals surface area (Å²) in [6.07, 6.45) is 1.53. The van der Waals surface area contributed by atoms with Crippen molar-refractivity contribution in [1.82, 2.24) is 5.32 Å². The fourth-order valence-corrected chi connectivity index (χ4v) is 2.25. The molecule has 1 rings (SSSR count). The predicted octanol–water partition coefficient (Wildman–Crippen LogP) is 2.15. The fourth-order valence-electron chi connectivity index (χ4n) is 2.25. The van der Waals surface area contributed by atoms with Crippen molar-refractivity contribution in [2.75, 3.05) is 0 Å². The van der Waals surface area contributed by atoms with Gasteiger partial charge < -0.3 is 15.2 Å². The van der Waals surface area contributed by atoms with Crippen molar-refractivity contribution in [2.24, 2.45) is 5.92 Å². The number of carboxylic acid groups (broad SMARTS) is 1. The van der Waals surface area contributed by atoms with Crippen molar-refractivity contribution in [3.63, 3.8) is 0 Å². The van der Waals surface area contributed by atoms with Crippen LogP contribution in [0.1, 0.15) is 47.0 Å². The summed E-state index contributed by atoms with van der Waals surface area (Å²) >= 11 is 0. The van der Waals surface area contributed by atoms with Crippen molar-refractivity contribution in [1.29, 1.82) is 0 Å². The van der Waals surface area contributed by atoms with E-state index < -0.39 is 29.1 Å². The number of carboxylic acids is 1. The summed E-state index contributed by atoms with van der Waals surface area (Å²) in [5.74, 6) is -1.39. The van der Waals surface area contributed by atoms with Gasteiger partial charge in [0.25, 0.3) is 0 Å². The summed E-state index contributed by atoms with van der Waals surface area (Å²) in [5.41, 5.74) is -1.27. The molecule has 0 aromatic carbocycles. The molecule has 1 fully saturated rings. The highest BCUT2D eigenvalue weighted by molar-refractivity contribution is 5.75. The molecule has 0 aromatic rings. The Morgan fingerprint density at radius 1 is 1.41 bits per heavy atom. The highest BCUT2D eigenvalue weighted by Crippen LogP contribution is 2.35. The van der Waals surface area contributed by atoms with Gasteiger partial charge in [-0.25, -0.2) is 4.79 Å². The second kappa shape index (κ2) is 4.55. The van der Waals surface area contributed by atoms with Crippen LogP contribution in [0, 0.1) is 5.92 Å². The van der Waals surface area contributed by atoms with E-state index in [9.17, 15) is 9.59 Å². The summed E-state index contributed by atoms with van der Waals surface area (Å²) < 4.78 is 5.15. The number of rotatable bonds is 2. The molecule has 0 aliphatic heterocycles. The number of hydrogen-bond acceptors (Lipinski definition) is 3. The number of alkyl carbamates (subject to hydrolysis) is 1. The van der Waals surface area contributed by atoms with Crippen molar-refractivity contribution in [2.45, 2.75) is 58.1 Å². The molecule has 1 amide bonds. The van der Waals surface area contributed by atoms with Crippen LogP contribution < -0.4 is 5.32 Å². The van der Waals surface area contributed by atoms with Crippen LogP contribution in [-0.2, 0) is 9.53 Å². The third kappa shape index (κ3) is 3.61. The number of aliphatic carboxylic acids is 1. The number of carbonyl (C=O) groups is 2. The Kier molecular flexibility index (Phi) is 3.69. The van der Waals surface area contributed by atoms with Crippen LogP contribution >= 0.6 is 0 Å². The average molecular weight is 243 g/mol. The molecule has 0 heterocycles. The smallest absolute Gasteiger partial charge is 0.408 e. The quantitative estimate of drug-likeness (QED) is 0.779. The molecule has 1 saturated carbocycles. The molecule has 0 spiro atoms. The van der Waals surface area contributed by atoms with Gasteiger partial charge in [-0.05, 0) is 40.5 Å². The molecule has 2 atom stereocenters. The molecule has 5 nitrogen and oxygen atoms in total. The first-order chi connectivity index (χ1) is 7.64. The van der Waals surface area contributed by atoms with E-state index in [2.05, 4.69) is 5.32 Å². The van der Waals surface area contributed by atoms with Gasteiger partial charge in [-0.2, -0.15) is 0 Å². The average Bonchev–Trinajstić information content (AvgIpc) is 2.42. The van der Waals surface area contributed by atoms with E-state index in [0.29, 0.717) is 12.8 Å². The van der Waals surface area contributed by atoms with E-state index in [-0.39, 0.29) is 0 Å². The van der Waals surface area contributed by atoms with Crippen molar-refractivity contribution in [3.8, 4) is 0 Å². The third-order valence-corrected chi connectivity index (χ3v) is 3.04. The number of amides is 1. The second-order valence-electron chi connectivity index (χ2n) is 5.83. The van der Waals surface area contributed by atoms with E-state index in [1.807, 2.05) is 0 Å². The van der Waals surface area contributed by atoms with Gasteiger partial charge in [0.1, 0.15) is 5.60 Å². The topological polar surface area (TPSA) is 75.6 Å². The van der Waals surface area contributed by atoms with Gasteiger partial charge in [-0.1, -0.05) is 6.42 Å². The zero-order valence-corrected chi connectivity index (χ0v) is 10.9. The fraction of sp³-hybridized carbons (Fsp3) is 0.833. The zero-order valence-electron chi connectivity index (χ0n) is 10.9. The minimum Gasteiger partial charge on any atom is -0.481 e. The van der Waals surface area contributed by atoms with Gasteiger partial charge in [0.2, 0.25) is 0 Å². The largest absolute Gasteiger partial charge is 0.481 e. The molecule has 0 saturated heterocycles. The number of nitrogens with one attached hydrogen (secondary N) is 1. The van der Waals surface area contributed by atoms with Gasteiger partial charge in [0.05, 0.1) is 11.5 Å². The predicted molar refractivity (Wildman–Crippen MR) is 62.8 cm³/mol. The number of carbonyl (C=O) groups excluding carboxylic acids is 1. The lowest BCUT2D eigenvalue weighted by Crippen LogP contribution is -2.52. The van der Waals surface area contributed by atoms with Crippen LogP contribution in [0.15, 0.2) is 0 Å². The molecular weight excluding hydrogens is 222 g/mol. The first-order valence-electron chi connectivity index (χ1n) is 5.88. The van der Waals surface area contributed by atoms with Crippen molar-refractivity contribution in [3.05, 3.63) is 0 Å². The first kappa shape index (κ1) is 13.8. The highest BCUT2D eigenvalue weighted by atomic mass is 16.6. The zero-order chi connectivity index (χ0) is 13.3. The second-order valence-corrected chi connectivity index (χ2v) is 5.83. The van der Waals surface area contributed by atoms with E-state index in [1.54, 1.807) is 27.7 Å². The van der Waals surface area contributed by atoms with Crippen LogP contribution in [0.25, 0.3) is 0 Å². The summed E-state index contributed by atoms with van der Waals surface area (Å²) in [7, 11) is 0. The molecule has 0 bridgehead atoms. The summed E-state index contributed by atoms with van der Waals surface area (Å²) in [6, 6.07) is 0. The standard InChI is InChI=1S/C12H21NO4/c1-11(2,3)17-10(16)13-12(4)7-5-6-8(12)9(14)15/h8H,5-7H2,1-4H3,(H,13,16)(H,14,15). The summed E-state index contributed by atoms with van der Waals surface area (Å²) in [4.78, 5) is 22.8. The third-order valence-electron chi connectivity index (χ3n) is 3.04. The SMILES string of the molecule is CC(C)(C)OC(=O)NC1(C)CCCC1C(=O)O. The normalized spacial score (nSPS) is 28.8. The molecule has 0 aromatic heterocycles. The molecule has 17 heavy (non-hydrogen) atoms. The number of hydrogen-bond donors (Lipinski definition) is 2. The molecule has 1 aliphatic carbocycles. The Morgan fingerprint density at radius 2 is 2.00 bits per heavy atom. The lowest BCUT2D eigenvalue weighted by molar-refractivity contribution is -0.143. The van der Waals surface area contributed by atoms with Gasteiger partial charge in [0, 0.05) is 0 Å². The monoisotopic (exact) mass is 243 g/mol. The van der Waals surface area contributed by atoms with Gasteiger partial charge in [-0.15, -0.1) is 0 Å². The summed E-state index contributed by atoms with van der Waals surface area (Å²) in [6.45, 7) is 7.09. The minimum atomic E-state index is -0.860. The molecule has 1 aliphatic rings. The van der Waals surface area contributed by atoms with Crippen LogP contribution in [0.2, 0.25) is 0 Å². The maximum atomic E-state index is 11.7. The van der Waals surface area contributed by atoms with E-state index in [4.69, 9.17) is 9.84 Å². The maximum Gasteiger partial charge on any atom is 0.408 e. The molecule has 98 valence electrons. The molecule has 2 unspecified atom stereocenters. The first-order valence-corrected chi connectivity index (χ1v) is 5.88. The van der Waals surface area contributed by atoms with Crippen LogP contribution in [0.3, 0.4) is 0 Å².